The average Bonchev–Trinajstić information content (AvgIpc) is 2.78. The molecular weight excluding hydrogens is 382 g/mol. The van der Waals surface area contributed by atoms with E-state index < -0.39 is 0 Å². The van der Waals surface area contributed by atoms with Gasteiger partial charge in [0, 0.05) is 55.8 Å². The number of nitrogens with zero attached hydrogens (tertiary/aromatic N) is 2. The molecule has 1 saturated heterocycles. The van der Waals surface area contributed by atoms with Crippen molar-refractivity contribution in [2.24, 2.45) is 5.92 Å². The number of nitrogens with one attached hydrogen (secondary N) is 1. The number of pyridine rings is 1. The SMILES string of the molecule is COc1cc(NC(=O)CCC2CCCN(C(=O)Cc3cccnc3)C2)cc(OC)c1. The van der Waals surface area contributed by atoms with Crippen LogP contribution >= 0.6 is 0 Å². The molecule has 30 heavy (non-hydrogen) atoms. The Hall–Kier alpha value is -3.09. The van der Waals surface area contributed by atoms with Crippen LogP contribution in [-0.4, -0.2) is 49.0 Å². The number of carbonyl (C=O) groups excluding carboxylic acids is 2. The number of rotatable bonds is 8. The van der Waals surface area contributed by atoms with E-state index in [4.69, 9.17) is 9.47 Å². The van der Waals surface area contributed by atoms with Crippen LogP contribution in [0.1, 0.15) is 31.2 Å². The fourth-order valence-electron chi connectivity index (χ4n) is 3.75. The van der Waals surface area contributed by atoms with E-state index in [-0.39, 0.29) is 11.8 Å². The number of benzene rings is 1. The molecule has 160 valence electrons. The first-order valence-corrected chi connectivity index (χ1v) is 10.3. The zero-order valence-electron chi connectivity index (χ0n) is 17.6. The quantitative estimate of drug-likeness (QED) is 0.721. The Balaban J connectivity index is 1.48. The monoisotopic (exact) mass is 411 g/mol. The molecule has 1 aromatic heterocycles. The maximum atomic E-state index is 12.6. The van der Waals surface area contributed by atoms with Crippen molar-refractivity contribution in [2.45, 2.75) is 32.1 Å². The van der Waals surface area contributed by atoms with Gasteiger partial charge < -0.3 is 19.7 Å². The maximum Gasteiger partial charge on any atom is 0.227 e. The summed E-state index contributed by atoms with van der Waals surface area (Å²) < 4.78 is 10.5. The first-order chi connectivity index (χ1) is 14.6. The molecule has 0 bridgehead atoms. The summed E-state index contributed by atoms with van der Waals surface area (Å²) >= 11 is 0. The molecular formula is C23H29N3O4. The molecule has 2 heterocycles. The number of ether oxygens (including phenoxy) is 2. The van der Waals surface area contributed by atoms with Gasteiger partial charge in [-0.25, -0.2) is 0 Å². The lowest BCUT2D eigenvalue weighted by atomic mass is 9.93. The summed E-state index contributed by atoms with van der Waals surface area (Å²) in [4.78, 5) is 31.0. The van der Waals surface area contributed by atoms with Crippen LogP contribution in [0.5, 0.6) is 11.5 Å². The van der Waals surface area contributed by atoms with Gasteiger partial charge in [-0.15, -0.1) is 0 Å². The number of hydrogen-bond acceptors (Lipinski definition) is 5. The van der Waals surface area contributed by atoms with Crippen LogP contribution in [0.4, 0.5) is 5.69 Å². The summed E-state index contributed by atoms with van der Waals surface area (Å²) in [6, 6.07) is 9.05. The van der Waals surface area contributed by atoms with Crippen LogP contribution in [0.3, 0.4) is 0 Å². The molecule has 1 aliphatic rings. The minimum Gasteiger partial charge on any atom is -0.497 e. The Bertz CT molecular complexity index is 835. The molecule has 2 amide bonds. The Labute approximate surface area is 177 Å². The van der Waals surface area contributed by atoms with Gasteiger partial charge in [0.05, 0.1) is 20.6 Å². The molecule has 0 aliphatic carbocycles. The van der Waals surface area contributed by atoms with Crippen molar-refractivity contribution < 1.29 is 19.1 Å². The zero-order chi connectivity index (χ0) is 21.3. The van der Waals surface area contributed by atoms with E-state index in [2.05, 4.69) is 10.3 Å². The van der Waals surface area contributed by atoms with Gasteiger partial charge in [0.1, 0.15) is 11.5 Å². The van der Waals surface area contributed by atoms with Crippen LogP contribution < -0.4 is 14.8 Å². The van der Waals surface area contributed by atoms with Crippen LogP contribution in [0.2, 0.25) is 0 Å². The van der Waals surface area contributed by atoms with Crippen molar-refractivity contribution in [2.75, 3.05) is 32.6 Å². The predicted octanol–water partition coefficient (Wildman–Crippen LogP) is 3.30. The van der Waals surface area contributed by atoms with Crippen LogP contribution in [0.25, 0.3) is 0 Å². The Morgan fingerprint density at radius 2 is 1.97 bits per heavy atom. The van der Waals surface area contributed by atoms with Gasteiger partial charge >= 0.3 is 0 Å². The van der Waals surface area contributed by atoms with Gasteiger partial charge in [-0.1, -0.05) is 6.07 Å². The lowest BCUT2D eigenvalue weighted by molar-refractivity contribution is -0.132. The molecule has 1 aliphatic heterocycles. The summed E-state index contributed by atoms with van der Waals surface area (Å²) in [5.74, 6) is 1.66. The molecule has 0 spiro atoms. The number of piperidine rings is 1. The number of amides is 2. The molecule has 1 unspecified atom stereocenters. The van der Waals surface area contributed by atoms with Gasteiger partial charge in [0.2, 0.25) is 11.8 Å². The fraction of sp³-hybridized carbons (Fsp3) is 0.435. The Kier molecular flexibility index (Phi) is 7.65. The molecule has 2 aromatic rings. The van der Waals surface area contributed by atoms with E-state index in [0.29, 0.717) is 42.5 Å². The average molecular weight is 412 g/mol. The van der Waals surface area contributed by atoms with E-state index in [1.165, 1.54) is 0 Å². The number of carbonyl (C=O) groups is 2. The summed E-state index contributed by atoms with van der Waals surface area (Å²) in [5.41, 5.74) is 1.57. The third-order valence-electron chi connectivity index (χ3n) is 5.36. The smallest absolute Gasteiger partial charge is 0.227 e. The molecule has 0 saturated carbocycles. The highest BCUT2D eigenvalue weighted by Crippen LogP contribution is 2.26. The second-order valence-electron chi connectivity index (χ2n) is 7.57. The number of aromatic nitrogens is 1. The second-order valence-corrected chi connectivity index (χ2v) is 7.57. The van der Waals surface area contributed by atoms with E-state index in [1.54, 1.807) is 44.8 Å². The largest absolute Gasteiger partial charge is 0.497 e. The molecule has 3 rings (SSSR count). The third kappa shape index (κ3) is 6.20. The molecule has 7 heteroatoms. The van der Waals surface area contributed by atoms with E-state index in [1.807, 2.05) is 17.0 Å². The molecule has 1 fully saturated rings. The highest BCUT2D eigenvalue weighted by atomic mass is 16.5. The zero-order valence-corrected chi connectivity index (χ0v) is 17.6. The van der Waals surface area contributed by atoms with Crippen molar-refractivity contribution in [3.63, 3.8) is 0 Å². The minimum absolute atomic E-state index is 0.0517. The summed E-state index contributed by atoms with van der Waals surface area (Å²) in [6.07, 6.45) is 6.99. The van der Waals surface area contributed by atoms with Crippen LogP contribution in [0.15, 0.2) is 42.7 Å². The van der Waals surface area contributed by atoms with Gasteiger partial charge in [-0.2, -0.15) is 0 Å². The highest BCUT2D eigenvalue weighted by molar-refractivity contribution is 5.91. The number of anilines is 1. The first-order valence-electron chi connectivity index (χ1n) is 10.3. The molecule has 7 nitrogen and oxygen atoms in total. The number of methoxy groups -OCH3 is 2. The predicted molar refractivity (Wildman–Crippen MR) is 115 cm³/mol. The standard InChI is InChI=1S/C23H29N3O4/c1-29-20-12-19(13-21(14-20)30-2)25-22(27)8-7-17-6-4-10-26(16-17)23(28)11-18-5-3-9-24-15-18/h3,5,9,12-15,17H,4,6-8,10-11,16H2,1-2H3,(H,25,27). The van der Waals surface area contributed by atoms with Crippen molar-refractivity contribution in [3.05, 3.63) is 48.3 Å². The first kappa shape index (κ1) is 21.6. The van der Waals surface area contributed by atoms with E-state index in [0.717, 1.165) is 31.4 Å². The molecule has 0 radical (unpaired) electrons. The van der Waals surface area contributed by atoms with Crippen molar-refractivity contribution in [3.8, 4) is 11.5 Å². The number of likely N-dealkylation sites (tertiary alicyclic amines) is 1. The normalized spacial score (nSPS) is 16.1. The summed E-state index contributed by atoms with van der Waals surface area (Å²) in [7, 11) is 3.15. The topological polar surface area (TPSA) is 80.8 Å². The summed E-state index contributed by atoms with van der Waals surface area (Å²) in [6.45, 7) is 1.49. The van der Waals surface area contributed by atoms with Gasteiger partial charge in [0.15, 0.2) is 0 Å². The van der Waals surface area contributed by atoms with E-state index in [9.17, 15) is 9.59 Å². The lowest BCUT2D eigenvalue weighted by Gasteiger charge is -2.33. The van der Waals surface area contributed by atoms with Gasteiger partial charge in [-0.3, -0.25) is 14.6 Å². The van der Waals surface area contributed by atoms with Gasteiger partial charge in [0.25, 0.3) is 0 Å². The van der Waals surface area contributed by atoms with Crippen LogP contribution in [0, 0.1) is 5.92 Å². The van der Waals surface area contributed by atoms with Gasteiger partial charge in [-0.05, 0) is 36.8 Å². The number of hydrogen-bond donors (Lipinski definition) is 1. The molecule has 1 N–H and O–H groups in total. The minimum atomic E-state index is -0.0517. The van der Waals surface area contributed by atoms with Crippen molar-refractivity contribution in [1.82, 2.24) is 9.88 Å². The Morgan fingerprint density at radius 3 is 2.63 bits per heavy atom. The van der Waals surface area contributed by atoms with Crippen molar-refractivity contribution >= 4 is 17.5 Å². The summed E-state index contributed by atoms with van der Waals surface area (Å²) in [5, 5.41) is 2.91. The van der Waals surface area contributed by atoms with Crippen molar-refractivity contribution in [1.29, 1.82) is 0 Å². The fourth-order valence-corrected chi connectivity index (χ4v) is 3.75. The maximum absolute atomic E-state index is 12.6. The second kappa shape index (κ2) is 10.6. The lowest BCUT2D eigenvalue weighted by Crippen LogP contribution is -2.40. The molecule has 1 aromatic carbocycles. The third-order valence-corrected chi connectivity index (χ3v) is 5.36. The highest BCUT2D eigenvalue weighted by Gasteiger charge is 2.24. The molecule has 1 atom stereocenters. The van der Waals surface area contributed by atoms with E-state index >= 15 is 0 Å². The van der Waals surface area contributed by atoms with Crippen LogP contribution in [-0.2, 0) is 16.0 Å². The Morgan fingerprint density at radius 1 is 1.20 bits per heavy atom.